The SMILES string of the molecule is C=C(N[C@@H](CN(CC1=CC(C)C(c2ccccc2)C=C1)Cc1ccncc1)C(=O)O)c1ccc(-c2ccc(C(F)(F)F)cc2)cc1. The summed E-state index contributed by atoms with van der Waals surface area (Å²) in [6.07, 6.45) is 5.68. The number of aromatic nitrogens is 1. The van der Waals surface area contributed by atoms with E-state index in [1.54, 1.807) is 36.7 Å². The molecular formula is C38H36F3N3O2. The van der Waals surface area contributed by atoms with Crippen molar-refractivity contribution in [1.82, 2.24) is 15.2 Å². The van der Waals surface area contributed by atoms with Crippen LogP contribution in [0.3, 0.4) is 0 Å². The lowest BCUT2D eigenvalue weighted by atomic mass is 9.82. The van der Waals surface area contributed by atoms with Crippen molar-refractivity contribution >= 4 is 11.7 Å². The minimum atomic E-state index is -4.39. The molecule has 4 aromatic rings. The molecule has 0 aliphatic heterocycles. The maximum atomic E-state index is 12.9. The Labute approximate surface area is 267 Å². The van der Waals surface area contributed by atoms with E-state index < -0.39 is 23.8 Å². The number of carboxylic acid groups (broad SMARTS) is 1. The van der Waals surface area contributed by atoms with Gasteiger partial charge in [0.25, 0.3) is 0 Å². The van der Waals surface area contributed by atoms with Crippen LogP contribution in [-0.4, -0.2) is 40.1 Å². The van der Waals surface area contributed by atoms with Crippen molar-refractivity contribution in [3.63, 3.8) is 0 Å². The highest BCUT2D eigenvalue weighted by atomic mass is 19.4. The molecule has 5 rings (SSSR count). The van der Waals surface area contributed by atoms with Crippen LogP contribution in [0.1, 0.15) is 35.1 Å². The van der Waals surface area contributed by atoms with E-state index in [0.717, 1.165) is 28.8 Å². The lowest BCUT2D eigenvalue weighted by molar-refractivity contribution is -0.140. The minimum Gasteiger partial charge on any atom is -0.480 e. The predicted molar refractivity (Wildman–Crippen MR) is 176 cm³/mol. The molecule has 46 heavy (non-hydrogen) atoms. The van der Waals surface area contributed by atoms with Crippen LogP contribution in [0, 0.1) is 5.92 Å². The van der Waals surface area contributed by atoms with E-state index >= 15 is 0 Å². The van der Waals surface area contributed by atoms with Gasteiger partial charge in [0.1, 0.15) is 6.04 Å². The van der Waals surface area contributed by atoms with Crippen LogP contribution in [0.5, 0.6) is 0 Å². The summed E-state index contributed by atoms with van der Waals surface area (Å²) in [4.78, 5) is 18.7. The topological polar surface area (TPSA) is 65.5 Å². The first-order chi connectivity index (χ1) is 22.1. The second-order valence-electron chi connectivity index (χ2n) is 11.6. The summed E-state index contributed by atoms with van der Waals surface area (Å²) in [6, 6.07) is 25.4. The van der Waals surface area contributed by atoms with E-state index in [2.05, 4.69) is 59.1 Å². The second kappa shape index (κ2) is 14.4. The zero-order valence-electron chi connectivity index (χ0n) is 25.5. The number of alkyl halides is 3. The maximum absolute atomic E-state index is 12.9. The van der Waals surface area contributed by atoms with Gasteiger partial charge in [-0.2, -0.15) is 13.2 Å². The molecule has 5 nitrogen and oxygen atoms in total. The molecule has 0 saturated heterocycles. The van der Waals surface area contributed by atoms with Gasteiger partial charge >= 0.3 is 12.1 Å². The van der Waals surface area contributed by atoms with Gasteiger partial charge in [-0.3, -0.25) is 9.88 Å². The molecule has 0 amide bonds. The Kier molecular flexibility index (Phi) is 10.2. The van der Waals surface area contributed by atoms with Gasteiger partial charge in [0, 0.05) is 43.6 Å². The summed E-state index contributed by atoms with van der Waals surface area (Å²) in [7, 11) is 0. The van der Waals surface area contributed by atoms with Gasteiger partial charge in [0.15, 0.2) is 0 Å². The van der Waals surface area contributed by atoms with Gasteiger partial charge in [-0.05, 0) is 63.6 Å². The molecule has 0 fully saturated rings. The number of aliphatic carboxylic acids is 1. The van der Waals surface area contributed by atoms with Crippen LogP contribution >= 0.6 is 0 Å². The molecule has 1 heterocycles. The number of pyridine rings is 1. The number of halogens is 3. The molecule has 2 N–H and O–H groups in total. The average Bonchev–Trinajstić information content (AvgIpc) is 3.05. The molecule has 0 bridgehead atoms. The van der Waals surface area contributed by atoms with Gasteiger partial charge in [-0.15, -0.1) is 0 Å². The zero-order valence-corrected chi connectivity index (χ0v) is 25.5. The highest BCUT2D eigenvalue weighted by Crippen LogP contribution is 2.33. The minimum absolute atomic E-state index is 0.210. The van der Waals surface area contributed by atoms with Crippen LogP contribution in [0.4, 0.5) is 13.2 Å². The van der Waals surface area contributed by atoms with Gasteiger partial charge < -0.3 is 10.4 Å². The van der Waals surface area contributed by atoms with Crippen molar-refractivity contribution in [2.45, 2.75) is 31.6 Å². The molecule has 1 aromatic heterocycles. The van der Waals surface area contributed by atoms with Gasteiger partial charge in [-0.1, -0.05) is 98.5 Å². The normalized spacial score (nSPS) is 16.9. The Hall–Kier alpha value is -4.95. The Morgan fingerprint density at radius 3 is 2.15 bits per heavy atom. The first-order valence-electron chi connectivity index (χ1n) is 15.1. The smallest absolute Gasteiger partial charge is 0.416 e. The Balaban J connectivity index is 1.28. The summed E-state index contributed by atoms with van der Waals surface area (Å²) in [6.45, 7) is 7.59. The van der Waals surface area contributed by atoms with E-state index in [1.165, 1.54) is 17.7 Å². The first-order valence-corrected chi connectivity index (χ1v) is 15.1. The van der Waals surface area contributed by atoms with Gasteiger partial charge in [0.2, 0.25) is 0 Å². The third kappa shape index (κ3) is 8.40. The molecule has 8 heteroatoms. The number of carboxylic acids is 1. The standard InChI is InChI=1S/C38H36F3N3O2/c1-26-22-29(8-17-35(26)33-6-4-3-5-7-33)24-44(23-28-18-20-42-21-19-28)25-36(37(45)46)43-27(2)30-9-11-31(12-10-30)32-13-15-34(16-14-32)38(39,40)41/h3-22,26,35-36,43H,2,23-25H2,1H3,(H,45,46)/t26?,35?,36-/m0/s1. The number of hydrogen-bond donors (Lipinski definition) is 2. The number of carbonyl (C=O) groups is 1. The third-order valence-corrected chi connectivity index (χ3v) is 8.17. The predicted octanol–water partition coefficient (Wildman–Crippen LogP) is 8.20. The van der Waals surface area contributed by atoms with Crippen molar-refractivity contribution in [3.8, 4) is 11.1 Å². The molecular weight excluding hydrogens is 587 g/mol. The number of benzene rings is 3. The Bertz CT molecular complexity index is 1680. The van der Waals surface area contributed by atoms with E-state index in [-0.39, 0.29) is 18.4 Å². The molecule has 1 aliphatic rings. The molecule has 2 unspecified atom stereocenters. The summed E-state index contributed by atoms with van der Waals surface area (Å²) >= 11 is 0. The summed E-state index contributed by atoms with van der Waals surface area (Å²) < 4.78 is 38.8. The van der Waals surface area contributed by atoms with Crippen molar-refractivity contribution in [2.24, 2.45) is 5.92 Å². The lowest BCUT2D eigenvalue weighted by Crippen LogP contribution is -2.45. The van der Waals surface area contributed by atoms with Crippen molar-refractivity contribution < 1.29 is 23.1 Å². The lowest BCUT2D eigenvalue weighted by Gasteiger charge is -2.30. The molecule has 236 valence electrons. The highest BCUT2D eigenvalue weighted by Gasteiger charge is 2.30. The fraction of sp³-hybridized carbons (Fsp3) is 0.211. The number of rotatable bonds is 12. The van der Waals surface area contributed by atoms with Crippen LogP contribution in [0.2, 0.25) is 0 Å². The molecule has 0 radical (unpaired) electrons. The average molecular weight is 624 g/mol. The summed E-state index contributed by atoms with van der Waals surface area (Å²) in [5.74, 6) is -0.446. The molecule has 3 aromatic carbocycles. The number of hydrogen-bond acceptors (Lipinski definition) is 4. The molecule has 0 spiro atoms. The third-order valence-electron chi connectivity index (χ3n) is 8.17. The van der Waals surface area contributed by atoms with Gasteiger partial charge in [-0.25, -0.2) is 4.79 Å². The fourth-order valence-corrected chi connectivity index (χ4v) is 5.74. The Morgan fingerprint density at radius 1 is 0.935 bits per heavy atom. The van der Waals surface area contributed by atoms with E-state index in [0.29, 0.717) is 29.9 Å². The second-order valence-corrected chi connectivity index (χ2v) is 11.6. The zero-order chi connectivity index (χ0) is 32.7. The maximum Gasteiger partial charge on any atom is 0.416 e. The van der Waals surface area contributed by atoms with E-state index in [9.17, 15) is 23.1 Å². The van der Waals surface area contributed by atoms with Crippen LogP contribution < -0.4 is 5.32 Å². The van der Waals surface area contributed by atoms with Crippen molar-refractivity contribution in [1.29, 1.82) is 0 Å². The van der Waals surface area contributed by atoms with Crippen LogP contribution in [0.15, 0.2) is 134 Å². The van der Waals surface area contributed by atoms with Crippen LogP contribution in [-0.2, 0) is 17.5 Å². The van der Waals surface area contributed by atoms with Gasteiger partial charge in [0.05, 0.1) is 5.56 Å². The number of nitrogens with one attached hydrogen (secondary N) is 1. The fourth-order valence-electron chi connectivity index (χ4n) is 5.74. The largest absolute Gasteiger partial charge is 0.480 e. The first kappa shape index (κ1) is 32.4. The number of allylic oxidation sites excluding steroid dienone is 2. The van der Waals surface area contributed by atoms with Crippen molar-refractivity contribution in [2.75, 3.05) is 13.1 Å². The van der Waals surface area contributed by atoms with Crippen molar-refractivity contribution in [3.05, 3.63) is 156 Å². The highest BCUT2D eigenvalue weighted by molar-refractivity contribution is 5.77. The quantitative estimate of drug-likeness (QED) is 0.167. The van der Waals surface area contributed by atoms with Crippen LogP contribution in [0.25, 0.3) is 16.8 Å². The van der Waals surface area contributed by atoms with E-state index in [4.69, 9.17) is 0 Å². The Morgan fingerprint density at radius 2 is 1.57 bits per heavy atom. The number of nitrogens with zero attached hydrogens (tertiary/aromatic N) is 2. The molecule has 0 saturated carbocycles. The molecule has 3 atom stereocenters. The summed E-state index contributed by atoms with van der Waals surface area (Å²) in [5, 5.41) is 13.3. The summed E-state index contributed by atoms with van der Waals surface area (Å²) in [5.41, 5.74) is 5.20. The monoisotopic (exact) mass is 623 g/mol. The molecule has 1 aliphatic carbocycles. The van der Waals surface area contributed by atoms with E-state index in [1.807, 2.05) is 30.3 Å².